The maximum atomic E-state index is 13.4. The molecule has 1 aromatic carbocycles. The molecule has 1 amide bonds. The third-order valence-corrected chi connectivity index (χ3v) is 8.07. The van der Waals surface area contributed by atoms with Crippen molar-refractivity contribution in [2.45, 2.75) is 55.6 Å². The molecule has 0 bridgehead atoms. The normalized spacial score (nSPS) is 29.1. The van der Waals surface area contributed by atoms with Crippen LogP contribution in [0.3, 0.4) is 0 Å². The van der Waals surface area contributed by atoms with Gasteiger partial charge in [0.2, 0.25) is 0 Å². The Bertz CT molecular complexity index is 1130. The SMILES string of the molecule is Cn1cnc(C2CC3CC(O)(CNC4(C(=O)O)CC4)CC3C2)c1C(=O)Nc1ccc(F)c(Cl)c1. The van der Waals surface area contributed by atoms with Crippen LogP contribution in [0.5, 0.6) is 0 Å². The summed E-state index contributed by atoms with van der Waals surface area (Å²) in [5, 5.41) is 26.3. The van der Waals surface area contributed by atoms with Crippen molar-refractivity contribution in [1.82, 2.24) is 14.9 Å². The molecule has 5 rings (SSSR count). The van der Waals surface area contributed by atoms with Gasteiger partial charge >= 0.3 is 5.97 Å². The smallest absolute Gasteiger partial charge is 0.323 e. The molecule has 3 aliphatic rings. The number of β-amino-alcohol motifs (C(OH)–C–C–N with tert-alkyl or cyclic N) is 1. The first-order chi connectivity index (χ1) is 16.1. The number of aromatic nitrogens is 2. The molecule has 3 fully saturated rings. The number of amides is 1. The number of nitrogens with one attached hydrogen (secondary N) is 2. The predicted molar refractivity (Wildman–Crippen MR) is 123 cm³/mol. The second kappa shape index (κ2) is 8.32. The van der Waals surface area contributed by atoms with Crippen molar-refractivity contribution in [2.75, 3.05) is 11.9 Å². The minimum atomic E-state index is -0.905. The zero-order chi connectivity index (χ0) is 24.3. The molecule has 0 spiro atoms. The molecule has 2 atom stereocenters. The third kappa shape index (κ3) is 4.21. The number of aliphatic hydroxyl groups is 1. The number of hydrogen-bond donors (Lipinski definition) is 4. The molecule has 4 N–H and O–H groups in total. The van der Waals surface area contributed by atoms with Gasteiger partial charge in [-0.15, -0.1) is 0 Å². The first kappa shape index (κ1) is 23.3. The number of halogens is 2. The van der Waals surface area contributed by atoms with Crippen molar-refractivity contribution in [3.05, 3.63) is 46.8 Å². The van der Waals surface area contributed by atoms with E-state index in [1.807, 2.05) is 0 Å². The Balaban J connectivity index is 1.24. The average molecular weight is 491 g/mol. The van der Waals surface area contributed by atoms with Crippen molar-refractivity contribution in [2.24, 2.45) is 18.9 Å². The fraction of sp³-hybridized carbons (Fsp3) is 0.542. The van der Waals surface area contributed by atoms with Gasteiger partial charge in [-0.3, -0.25) is 14.9 Å². The van der Waals surface area contributed by atoms with Crippen molar-refractivity contribution >= 4 is 29.2 Å². The number of aliphatic carboxylic acids is 1. The minimum Gasteiger partial charge on any atom is -0.480 e. The number of benzene rings is 1. The molecule has 1 heterocycles. The number of carbonyl (C=O) groups excluding carboxylic acids is 1. The van der Waals surface area contributed by atoms with Crippen LogP contribution in [0.1, 0.15) is 60.6 Å². The van der Waals surface area contributed by atoms with Gasteiger partial charge in [0, 0.05) is 25.2 Å². The van der Waals surface area contributed by atoms with Gasteiger partial charge in [-0.25, -0.2) is 9.37 Å². The molecule has 1 aromatic heterocycles. The molecular formula is C24H28ClFN4O4. The number of nitrogens with zero attached hydrogens (tertiary/aromatic N) is 2. The van der Waals surface area contributed by atoms with Crippen LogP contribution in [0.15, 0.2) is 24.5 Å². The molecule has 10 heteroatoms. The van der Waals surface area contributed by atoms with Gasteiger partial charge in [-0.05, 0) is 68.6 Å². The lowest BCUT2D eigenvalue weighted by Crippen LogP contribution is -2.48. The highest BCUT2D eigenvalue weighted by Gasteiger charge is 2.54. The van der Waals surface area contributed by atoms with Crippen LogP contribution in [-0.2, 0) is 11.8 Å². The van der Waals surface area contributed by atoms with Gasteiger partial charge in [0.15, 0.2) is 0 Å². The summed E-state index contributed by atoms with van der Waals surface area (Å²) in [5.74, 6) is -1.04. The van der Waals surface area contributed by atoms with Crippen LogP contribution in [0.2, 0.25) is 5.02 Å². The van der Waals surface area contributed by atoms with Gasteiger partial charge in [0.1, 0.15) is 17.1 Å². The third-order valence-electron chi connectivity index (χ3n) is 7.79. The Labute approximate surface area is 201 Å². The number of imidazole rings is 1. The summed E-state index contributed by atoms with van der Waals surface area (Å²) in [6.07, 6.45) is 5.67. The monoisotopic (exact) mass is 490 g/mol. The Kier molecular flexibility index (Phi) is 5.69. The molecule has 0 aliphatic heterocycles. The van der Waals surface area contributed by atoms with E-state index in [-0.39, 0.29) is 23.4 Å². The number of carboxylic acids is 1. The van der Waals surface area contributed by atoms with Gasteiger partial charge in [-0.1, -0.05) is 11.6 Å². The highest BCUT2D eigenvalue weighted by atomic mass is 35.5. The predicted octanol–water partition coefficient (Wildman–Crippen LogP) is 3.31. The fourth-order valence-corrected chi connectivity index (χ4v) is 6.03. The quantitative estimate of drug-likeness (QED) is 0.473. The van der Waals surface area contributed by atoms with E-state index in [0.717, 1.165) is 18.5 Å². The number of hydrogen-bond acceptors (Lipinski definition) is 5. The van der Waals surface area contributed by atoms with E-state index < -0.39 is 22.9 Å². The lowest BCUT2D eigenvalue weighted by atomic mass is 9.92. The van der Waals surface area contributed by atoms with E-state index in [1.165, 1.54) is 18.2 Å². The average Bonchev–Trinajstić information content (AvgIpc) is 3.20. The fourth-order valence-electron chi connectivity index (χ4n) is 5.85. The van der Waals surface area contributed by atoms with E-state index in [2.05, 4.69) is 15.6 Å². The number of anilines is 1. The second-order valence-electron chi connectivity index (χ2n) is 10.2. The van der Waals surface area contributed by atoms with Crippen LogP contribution in [-0.4, -0.2) is 49.3 Å². The van der Waals surface area contributed by atoms with Crippen molar-refractivity contribution < 1.29 is 24.2 Å². The number of carboxylic acid groups (broad SMARTS) is 1. The molecule has 2 aromatic rings. The molecule has 2 unspecified atom stereocenters. The number of fused-ring (bicyclic) bond motifs is 1. The van der Waals surface area contributed by atoms with Gasteiger partial charge in [-0.2, -0.15) is 0 Å². The van der Waals surface area contributed by atoms with Crippen LogP contribution in [0.25, 0.3) is 0 Å². The molecule has 3 saturated carbocycles. The van der Waals surface area contributed by atoms with Crippen molar-refractivity contribution in [3.63, 3.8) is 0 Å². The van der Waals surface area contributed by atoms with E-state index in [9.17, 15) is 24.2 Å². The lowest BCUT2D eigenvalue weighted by molar-refractivity contribution is -0.141. The maximum absolute atomic E-state index is 13.4. The summed E-state index contributed by atoms with van der Waals surface area (Å²) >= 11 is 5.83. The zero-order valence-corrected chi connectivity index (χ0v) is 19.6. The number of carbonyl (C=O) groups is 2. The van der Waals surface area contributed by atoms with Crippen molar-refractivity contribution in [3.8, 4) is 0 Å². The first-order valence-corrected chi connectivity index (χ1v) is 12.0. The van der Waals surface area contributed by atoms with E-state index >= 15 is 0 Å². The minimum absolute atomic E-state index is 0.0652. The first-order valence-electron chi connectivity index (χ1n) is 11.6. The summed E-state index contributed by atoms with van der Waals surface area (Å²) in [5.41, 5.74) is -0.177. The van der Waals surface area contributed by atoms with Crippen LogP contribution < -0.4 is 10.6 Å². The second-order valence-corrected chi connectivity index (χ2v) is 10.6. The highest BCUT2D eigenvalue weighted by Crippen LogP contribution is 2.54. The molecule has 182 valence electrons. The number of rotatable bonds is 7. The highest BCUT2D eigenvalue weighted by molar-refractivity contribution is 6.31. The largest absolute Gasteiger partial charge is 0.480 e. The Morgan fingerprint density at radius 2 is 1.94 bits per heavy atom. The zero-order valence-electron chi connectivity index (χ0n) is 18.9. The molecule has 8 nitrogen and oxygen atoms in total. The Hall–Kier alpha value is -2.49. The summed E-state index contributed by atoms with van der Waals surface area (Å²) in [4.78, 5) is 29.0. The van der Waals surface area contributed by atoms with Crippen molar-refractivity contribution in [1.29, 1.82) is 0 Å². The molecule has 3 aliphatic carbocycles. The standard InChI is InChI=1S/C24H28ClFN4O4/c1-30-12-27-19(20(30)21(31)29-16-2-3-18(26)17(25)8-16)13-6-14-9-23(34,10-15(14)7-13)11-28-24(4-5-24)22(32)33/h2-3,8,12-15,28,34H,4-7,9-11H2,1H3,(H,29,31)(H,32,33). The van der Waals surface area contributed by atoms with Crippen LogP contribution in [0.4, 0.5) is 10.1 Å². The van der Waals surface area contributed by atoms with Gasteiger partial charge < -0.3 is 20.1 Å². The topological polar surface area (TPSA) is 116 Å². The summed E-state index contributed by atoms with van der Waals surface area (Å²) < 4.78 is 15.1. The molecule has 34 heavy (non-hydrogen) atoms. The van der Waals surface area contributed by atoms with Gasteiger partial charge in [0.25, 0.3) is 5.91 Å². The van der Waals surface area contributed by atoms with Crippen LogP contribution >= 0.6 is 11.6 Å². The molecular weight excluding hydrogens is 463 g/mol. The van der Waals surface area contributed by atoms with Gasteiger partial charge in [0.05, 0.1) is 22.6 Å². The Morgan fingerprint density at radius 1 is 1.26 bits per heavy atom. The van der Waals surface area contributed by atoms with E-state index in [1.54, 1.807) is 17.9 Å². The maximum Gasteiger partial charge on any atom is 0.323 e. The molecule has 0 radical (unpaired) electrons. The Morgan fingerprint density at radius 3 is 2.53 bits per heavy atom. The lowest BCUT2D eigenvalue weighted by Gasteiger charge is -2.27. The van der Waals surface area contributed by atoms with E-state index in [4.69, 9.17) is 11.6 Å². The summed E-state index contributed by atoms with van der Waals surface area (Å²) in [6, 6.07) is 4.04. The van der Waals surface area contributed by atoms with E-state index in [0.29, 0.717) is 48.9 Å². The summed E-state index contributed by atoms with van der Waals surface area (Å²) in [7, 11) is 1.76. The summed E-state index contributed by atoms with van der Waals surface area (Å²) in [6.45, 7) is 0.286. The number of aryl methyl sites for hydroxylation is 1. The molecule has 0 saturated heterocycles. The van der Waals surface area contributed by atoms with Crippen LogP contribution in [0, 0.1) is 17.7 Å².